The van der Waals surface area contributed by atoms with Crippen LogP contribution in [0.15, 0.2) is 34.6 Å². The summed E-state index contributed by atoms with van der Waals surface area (Å²) in [6.07, 6.45) is 0.914. The van der Waals surface area contributed by atoms with Gasteiger partial charge in [0.1, 0.15) is 11.1 Å². The van der Waals surface area contributed by atoms with E-state index in [1.54, 1.807) is 18.4 Å². The number of nitrogens with one attached hydrogen (secondary N) is 2. The number of thiazole rings is 1. The van der Waals surface area contributed by atoms with E-state index in [1.807, 2.05) is 52.1 Å². The van der Waals surface area contributed by atoms with Crippen molar-refractivity contribution in [3.63, 3.8) is 0 Å². The molecule has 0 saturated heterocycles. The quantitative estimate of drug-likeness (QED) is 0.444. The van der Waals surface area contributed by atoms with Crippen LogP contribution >= 0.6 is 11.3 Å². The van der Waals surface area contributed by atoms with Crippen molar-refractivity contribution in [1.29, 1.82) is 0 Å². The molecule has 8 heteroatoms. The van der Waals surface area contributed by atoms with Crippen LogP contribution < -0.4 is 10.6 Å². The smallest absolute Gasteiger partial charge is 0.251 e. The monoisotopic (exact) mass is 431 g/mol. The number of ether oxygens (including phenoxy) is 1. The SMILES string of the molecule is CCCNC(=O)c1cccc(CN=C(NCC)N(C)Cc2csc(C(C)OC)n2)c1. The van der Waals surface area contributed by atoms with E-state index in [4.69, 9.17) is 9.73 Å². The number of carbonyl (C=O) groups excluding carboxylic acids is 1. The standard InChI is InChI=1S/C22H33N5O2S/c1-6-11-24-20(28)18-10-8-9-17(12-18)13-25-22(23-7-2)27(4)14-19-15-30-21(26-19)16(3)29-5/h8-10,12,15-16H,6-7,11,13-14H2,1-5H3,(H,23,25)(H,24,28). The van der Waals surface area contributed by atoms with E-state index < -0.39 is 0 Å². The first-order chi connectivity index (χ1) is 14.5. The van der Waals surface area contributed by atoms with Gasteiger partial charge in [-0.2, -0.15) is 0 Å². The number of aliphatic imine (C=N–C) groups is 1. The summed E-state index contributed by atoms with van der Waals surface area (Å²) in [5, 5.41) is 9.27. The molecule has 1 aromatic heterocycles. The first-order valence-electron chi connectivity index (χ1n) is 10.3. The fourth-order valence-electron chi connectivity index (χ4n) is 2.79. The van der Waals surface area contributed by atoms with Gasteiger partial charge < -0.3 is 20.3 Å². The van der Waals surface area contributed by atoms with Crippen LogP contribution in [0.3, 0.4) is 0 Å². The van der Waals surface area contributed by atoms with Crippen LogP contribution in [0.2, 0.25) is 0 Å². The van der Waals surface area contributed by atoms with Crippen molar-refractivity contribution in [2.24, 2.45) is 4.99 Å². The lowest BCUT2D eigenvalue weighted by Gasteiger charge is -2.21. The number of carbonyl (C=O) groups is 1. The molecule has 1 heterocycles. The van der Waals surface area contributed by atoms with Gasteiger partial charge in [0, 0.05) is 38.2 Å². The Hall–Kier alpha value is -2.45. The van der Waals surface area contributed by atoms with E-state index in [9.17, 15) is 4.79 Å². The van der Waals surface area contributed by atoms with Crippen molar-refractivity contribution < 1.29 is 9.53 Å². The molecule has 2 aromatic rings. The lowest BCUT2D eigenvalue weighted by Crippen LogP contribution is -2.38. The molecule has 2 N–H and O–H groups in total. The molecule has 1 amide bonds. The second kappa shape index (κ2) is 12.3. The maximum atomic E-state index is 12.2. The highest BCUT2D eigenvalue weighted by Crippen LogP contribution is 2.21. The molecule has 0 fully saturated rings. The maximum absolute atomic E-state index is 12.2. The number of amides is 1. The van der Waals surface area contributed by atoms with Crippen molar-refractivity contribution >= 4 is 23.2 Å². The maximum Gasteiger partial charge on any atom is 0.251 e. The van der Waals surface area contributed by atoms with Crippen molar-refractivity contribution in [1.82, 2.24) is 20.5 Å². The first-order valence-corrected chi connectivity index (χ1v) is 11.2. The second-order valence-corrected chi connectivity index (χ2v) is 7.93. The number of hydrogen-bond acceptors (Lipinski definition) is 5. The molecule has 30 heavy (non-hydrogen) atoms. The Kier molecular flexibility index (Phi) is 9.76. The Balaban J connectivity index is 2.06. The number of guanidine groups is 1. The number of rotatable bonds is 10. The van der Waals surface area contributed by atoms with Gasteiger partial charge in [0.2, 0.25) is 0 Å². The first kappa shape index (κ1) is 23.8. The zero-order valence-electron chi connectivity index (χ0n) is 18.6. The molecule has 0 spiro atoms. The molecule has 1 aromatic carbocycles. The van der Waals surface area contributed by atoms with E-state index >= 15 is 0 Å². The van der Waals surface area contributed by atoms with Crippen molar-refractivity contribution in [2.45, 2.75) is 46.4 Å². The molecule has 0 radical (unpaired) electrons. The molecule has 7 nitrogen and oxygen atoms in total. The minimum Gasteiger partial charge on any atom is -0.375 e. The number of aromatic nitrogens is 1. The van der Waals surface area contributed by atoms with Crippen molar-refractivity contribution in [2.75, 3.05) is 27.2 Å². The fourth-order valence-corrected chi connectivity index (χ4v) is 3.63. The third-order valence-corrected chi connectivity index (χ3v) is 5.56. The minimum absolute atomic E-state index is 0.00207. The number of benzene rings is 1. The number of methoxy groups -OCH3 is 1. The van der Waals surface area contributed by atoms with Crippen LogP contribution in [0, 0.1) is 0 Å². The summed E-state index contributed by atoms with van der Waals surface area (Å²) in [5.74, 6) is 0.754. The summed E-state index contributed by atoms with van der Waals surface area (Å²) in [7, 11) is 3.69. The second-order valence-electron chi connectivity index (χ2n) is 7.04. The summed E-state index contributed by atoms with van der Waals surface area (Å²) in [5.41, 5.74) is 2.64. The van der Waals surface area contributed by atoms with E-state index in [1.165, 1.54) is 0 Å². The highest BCUT2D eigenvalue weighted by molar-refractivity contribution is 7.09. The third kappa shape index (κ3) is 7.11. The fraction of sp³-hybridized carbons (Fsp3) is 0.500. The normalized spacial score (nSPS) is 12.5. The lowest BCUT2D eigenvalue weighted by atomic mass is 10.1. The van der Waals surface area contributed by atoms with Gasteiger partial charge in [0.25, 0.3) is 5.91 Å². The molecule has 0 aliphatic heterocycles. The number of nitrogens with zero attached hydrogens (tertiary/aromatic N) is 3. The third-order valence-electron chi connectivity index (χ3n) is 4.50. The molecule has 2 rings (SSSR count). The van der Waals surface area contributed by atoms with Crippen LogP contribution in [0.25, 0.3) is 0 Å². The van der Waals surface area contributed by atoms with Crippen LogP contribution in [0.4, 0.5) is 0 Å². The van der Waals surface area contributed by atoms with E-state index in [-0.39, 0.29) is 12.0 Å². The molecular formula is C22H33N5O2S. The Labute approximate surface area is 183 Å². The van der Waals surface area contributed by atoms with Gasteiger partial charge in [0.05, 0.1) is 18.8 Å². The summed E-state index contributed by atoms with van der Waals surface area (Å²) < 4.78 is 5.35. The van der Waals surface area contributed by atoms with Crippen molar-refractivity contribution in [3.8, 4) is 0 Å². The summed E-state index contributed by atoms with van der Waals surface area (Å²) in [6, 6.07) is 7.62. The van der Waals surface area contributed by atoms with Crippen LogP contribution in [-0.2, 0) is 17.8 Å². The Morgan fingerprint density at radius 1 is 1.33 bits per heavy atom. The van der Waals surface area contributed by atoms with E-state index in [0.29, 0.717) is 25.2 Å². The predicted octanol–water partition coefficient (Wildman–Crippen LogP) is 3.59. The van der Waals surface area contributed by atoms with Crippen LogP contribution in [0.1, 0.15) is 59.9 Å². The molecule has 0 saturated carbocycles. The van der Waals surface area contributed by atoms with Gasteiger partial charge in [-0.1, -0.05) is 19.1 Å². The molecular weight excluding hydrogens is 398 g/mol. The summed E-state index contributed by atoms with van der Waals surface area (Å²) in [6.45, 7) is 8.67. The average Bonchev–Trinajstić information content (AvgIpc) is 3.22. The van der Waals surface area contributed by atoms with Crippen LogP contribution in [-0.4, -0.2) is 49.0 Å². The average molecular weight is 432 g/mol. The van der Waals surface area contributed by atoms with Gasteiger partial charge in [0.15, 0.2) is 5.96 Å². The zero-order chi connectivity index (χ0) is 21.9. The van der Waals surface area contributed by atoms with Crippen molar-refractivity contribution in [3.05, 3.63) is 51.5 Å². The van der Waals surface area contributed by atoms with Crippen LogP contribution in [0.5, 0.6) is 0 Å². The molecule has 1 atom stereocenters. The number of hydrogen-bond donors (Lipinski definition) is 2. The van der Waals surface area contributed by atoms with Gasteiger partial charge in [-0.15, -0.1) is 11.3 Å². The van der Waals surface area contributed by atoms with E-state index in [0.717, 1.165) is 35.2 Å². The zero-order valence-corrected chi connectivity index (χ0v) is 19.4. The topological polar surface area (TPSA) is 78.9 Å². The summed E-state index contributed by atoms with van der Waals surface area (Å²) in [4.78, 5) is 23.7. The van der Waals surface area contributed by atoms with Gasteiger partial charge in [-0.05, 0) is 38.0 Å². The Bertz CT molecular complexity index is 836. The highest BCUT2D eigenvalue weighted by Gasteiger charge is 2.13. The molecule has 0 bridgehead atoms. The van der Waals surface area contributed by atoms with Gasteiger partial charge in [-0.3, -0.25) is 4.79 Å². The summed E-state index contributed by atoms with van der Waals surface area (Å²) >= 11 is 1.61. The molecule has 0 aliphatic carbocycles. The Morgan fingerprint density at radius 2 is 2.13 bits per heavy atom. The Morgan fingerprint density at radius 3 is 2.83 bits per heavy atom. The molecule has 1 unspecified atom stereocenters. The van der Waals surface area contributed by atoms with Gasteiger partial charge in [-0.25, -0.2) is 9.98 Å². The largest absolute Gasteiger partial charge is 0.375 e. The lowest BCUT2D eigenvalue weighted by molar-refractivity contribution is 0.0953. The van der Waals surface area contributed by atoms with Gasteiger partial charge >= 0.3 is 0 Å². The highest BCUT2D eigenvalue weighted by atomic mass is 32.1. The minimum atomic E-state index is -0.0451. The predicted molar refractivity (Wildman–Crippen MR) is 123 cm³/mol. The van der Waals surface area contributed by atoms with E-state index in [2.05, 4.69) is 25.9 Å². The molecule has 0 aliphatic rings. The molecule has 164 valence electrons.